The number of morpholine rings is 1. The average molecular weight is 265 g/mol. The molecule has 2 rings (SSSR count). The molecule has 0 bridgehead atoms. The molecule has 0 N–H and O–H groups in total. The van der Waals surface area contributed by atoms with Crippen molar-refractivity contribution in [3.63, 3.8) is 0 Å². The molecule has 1 atom stereocenters. The molecule has 0 unspecified atom stereocenters. The van der Waals surface area contributed by atoms with Crippen LogP contribution in [0.4, 0.5) is 0 Å². The first kappa shape index (κ1) is 13.7. The zero-order chi connectivity index (χ0) is 13.8. The fourth-order valence-electron chi connectivity index (χ4n) is 2.20. The Hall–Kier alpha value is -1.69. The SMILES string of the molecule is CC[C@H]1COCCN1C(=O)Cn1nc(C)ccc1=O. The van der Waals surface area contributed by atoms with Crippen LogP contribution in [-0.2, 0) is 16.1 Å². The van der Waals surface area contributed by atoms with Crippen LogP contribution in [0.3, 0.4) is 0 Å². The van der Waals surface area contributed by atoms with Crippen molar-refractivity contribution < 1.29 is 9.53 Å². The van der Waals surface area contributed by atoms with Crippen molar-refractivity contribution in [2.24, 2.45) is 0 Å². The second-order valence-corrected chi connectivity index (χ2v) is 4.69. The van der Waals surface area contributed by atoms with Gasteiger partial charge < -0.3 is 9.64 Å². The van der Waals surface area contributed by atoms with Crippen molar-refractivity contribution in [3.05, 3.63) is 28.2 Å². The third kappa shape index (κ3) is 3.20. The Labute approximate surface area is 112 Å². The lowest BCUT2D eigenvalue weighted by molar-refractivity contribution is -0.140. The molecule has 2 heterocycles. The Morgan fingerprint density at radius 2 is 2.32 bits per heavy atom. The summed E-state index contributed by atoms with van der Waals surface area (Å²) in [4.78, 5) is 25.7. The van der Waals surface area contributed by atoms with E-state index < -0.39 is 0 Å². The lowest BCUT2D eigenvalue weighted by Crippen LogP contribution is -2.50. The molecule has 1 aliphatic rings. The molecule has 0 radical (unpaired) electrons. The molecule has 1 aromatic rings. The van der Waals surface area contributed by atoms with Crippen molar-refractivity contribution in [1.29, 1.82) is 0 Å². The van der Waals surface area contributed by atoms with Gasteiger partial charge in [-0.15, -0.1) is 0 Å². The highest BCUT2D eigenvalue weighted by molar-refractivity contribution is 5.76. The smallest absolute Gasteiger partial charge is 0.267 e. The summed E-state index contributed by atoms with van der Waals surface area (Å²) in [5, 5.41) is 4.08. The summed E-state index contributed by atoms with van der Waals surface area (Å²) in [5.74, 6) is -0.0737. The van der Waals surface area contributed by atoms with Gasteiger partial charge in [0.25, 0.3) is 5.56 Å². The van der Waals surface area contributed by atoms with E-state index in [2.05, 4.69) is 5.10 Å². The summed E-state index contributed by atoms with van der Waals surface area (Å²) < 4.78 is 6.59. The van der Waals surface area contributed by atoms with Crippen LogP contribution in [0, 0.1) is 6.92 Å². The second-order valence-electron chi connectivity index (χ2n) is 4.69. The molecule has 0 saturated carbocycles. The third-order valence-electron chi connectivity index (χ3n) is 3.30. The summed E-state index contributed by atoms with van der Waals surface area (Å²) >= 11 is 0. The minimum Gasteiger partial charge on any atom is -0.377 e. The lowest BCUT2D eigenvalue weighted by Gasteiger charge is -2.35. The number of aromatic nitrogens is 2. The van der Waals surface area contributed by atoms with Gasteiger partial charge in [-0.05, 0) is 19.4 Å². The molecule has 6 nitrogen and oxygen atoms in total. The first-order chi connectivity index (χ1) is 9.11. The first-order valence-electron chi connectivity index (χ1n) is 6.53. The standard InChI is InChI=1S/C13H19N3O3/c1-3-11-9-19-7-6-15(11)13(18)8-16-12(17)5-4-10(2)14-16/h4-5,11H,3,6-9H2,1-2H3/t11-/m0/s1. The number of carbonyl (C=O) groups excluding carboxylic acids is 1. The van der Waals surface area contributed by atoms with Crippen LogP contribution in [-0.4, -0.2) is 46.4 Å². The van der Waals surface area contributed by atoms with E-state index in [0.717, 1.165) is 12.1 Å². The van der Waals surface area contributed by atoms with E-state index in [4.69, 9.17) is 4.74 Å². The summed E-state index contributed by atoms with van der Waals surface area (Å²) in [5.41, 5.74) is 0.474. The molecule has 1 aliphatic heterocycles. The van der Waals surface area contributed by atoms with E-state index in [1.54, 1.807) is 17.9 Å². The highest BCUT2D eigenvalue weighted by atomic mass is 16.5. The molecule has 1 aromatic heterocycles. The zero-order valence-corrected chi connectivity index (χ0v) is 11.3. The predicted octanol–water partition coefficient (Wildman–Crippen LogP) is 0.189. The predicted molar refractivity (Wildman–Crippen MR) is 69.8 cm³/mol. The molecule has 6 heteroatoms. The summed E-state index contributed by atoms with van der Waals surface area (Å²) in [6, 6.07) is 3.18. The Bertz CT molecular complexity index is 512. The van der Waals surface area contributed by atoms with E-state index in [1.165, 1.54) is 10.7 Å². The number of hydrogen-bond donors (Lipinski definition) is 0. The molecular formula is C13H19N3O3. The Kier molecular flexibility index (Phi) is 4.31. The van der Waals surface area contributed by atoms with E-state index in [-0.39, 0.29) is 24.1 Å². The van der Waals surface area contributed by atoms with E-state index in [9.17, 15) is 9.59 Å². The lowest BCUT2D eigenvalue weighted by atomic mass is 10.2. The molecule has 19 heavy (non-hydrogen) atoms. The highest BCUT2D eigenvalue weighted by Gasteiger charge is 2.26. The first-order valence-corrected chi connectivity index (χ1v) is 6.53. The van der Waals surface area contributed by atoms with Crippen molar-refractivity contribution in [2.45, 2.75) is 32.9 Å². The average Bonchev–Trinajstić information content (AvgIpc) is 2.42. The fraction of sp³-hybridized carbons (Fsp3) is 0.615. The number of nitrogens with zero attached hydrogens (tertiary/aromatic N) is 3. The number of rotatable bonds is 3. The Morgan fingerprint density at radius 1 is 1.53 bits per heavy atom. The number of aryl methyl sites for hydroxylation is 1. The topological polar surface area (TPSA) is 64.4 Å². The van der Waals surface area contributed by atoms with Gasteiger partial charge in [0.1, 0.15) is 6.54 Å². The number of hydrogen-bond acceptors (Lipinski definition) is 4. The summed E-state index contributed by atoms with van der Waals surface area (Å²) in [7, 11) is 0. The van der Waals surface area contributed by atoms with Crippen molar-refractivity contribution in [3.8, 4) is 0 Å². The quantitative estimate of drug-likeness (QED) is 0.782. The monoisotopic (exact) mass is 265 g/mol. The van der Waals surface area contributed by atoms with Crippen LogP contribution in [0.2, 0.25) is 0 Å². The van der Waals surface area contributed by atoms with Gasteiger partial charge in [0.05, 0.1) is 24.9 Å². The maximum absolute atomic E-state index is 12.3. The highest BCUT2D eigenvalue weighted by Crippen LogP contribution is 2.10. The molecule has 104 valence electrons. The molecule has 1 amide bonds. The number of carbonyl (C=O) groups is 1. The van der Waals surface area contributed by atoms with Gasteiger partial charge in [-0.3, -0.25) is 9.59 Å². The number of ether oxygens (including phenoxy) is 1. The molecule has 0 spiro atoms. The van der Waals surface area contributed by atoms with Gasteiger partial charge in [-0.2, -0.15) is 5.10 Å². The van der Waals surface area contributed by atoms with Crippen molar-refractivity contribution in [1.82, 2.24) is 14.7 Å². The van der Waals surface area contributed by atoms with Gasteiger partial charge in [0.2, 0.25) is 5.91 Å². The summed E-state index contributed by atoms with van der Waals surface area (Å²) in [6.07, 6.45) is 0.849. The van der Waals surface area contributed by atoms with Gasteiger partial charge in [0.15, 0.2) is 0 Å². The van der Waals surface area contributed by atoms with Crippen molar-refractivity contribution >= 4 is 5.91 Å². The van der Waals surface area contributed by atoms with Crippen LogP contribution in [0.5, 0.6) is 0 Å². The zero-order valence-electron chi connectivity index (χ0n) is 11.3. The normalized spacial score (nSPS) is 19.5. The van der Waals surface area contributed by atoms with Gasteiger partial charge in [0, 0.05) is 12.6 Å². The Balaban J connectivity index is 2.11. The van der Waals surface area contributed by atoms with Crippen LogP contribution in [0.1, 0.15) is 19.0 Å². The van der Waals surface area contributed by atoms with E-state index in [0.29, 0.717) is 19.8 Å². The minimum atomic E-state index is -0.250. The van der Waals surface area contributed by atoms with Crippen LogP contribution in [0.25, 0.3) is 0 Å². The largest absolute Gasteiger partial charge is 0.377 e. The molecule has 0 aliphatic carbocycles. The van der Waals surface area contributed by atoms with Gasteiger partial charge in [-0.1, -0.05) is 6.92 Å². The molecule has 0 aromatic carbocycles. The summed E-state index contributed by atoms with van der Waals surface area (Å²) in [6.45, 7) is 5.52. The Morgan fingerprint density at radius 3 is 3.05 bits per heavy atom. The molecule has 1 fully saturated rings. The van der Waals surface area contributed by atoms with Crippen LogP contribution in [0.15, 0.2) is 16.9 Å². The third-order valence-corrected chi connectivity index (χ3v) is 3.30. The minimum absolute atomic E-state index is 0.00296. The maximum atomic E-state index is 12.3. The van der Waals surface area contributed by atoms with Gasteiger partial charge >= 0.3 is 0 Å². The van der Waals surface area contributed by atoms with Gasteiger partial charge in [-0.25, -0.2) is 4.68 Å². The van der Waals surface area contributed by atoms with Crippen LogP contribution < -0.4 is 5.56 Å². The fourth-order valence-corrected chi connectivity index (χ4v) is 2.20. The van der Waals surface area contributed by atoms with E-state index >= 15 is 0 Å². The molecular weight excluding hydrogens is 246 g/mol. The van der Waals surface area contributed by atoms with Crippen LogP contribution >= 0.6 is 0 Å². The van der Waals surface area contributed by atoms with E-state index in [1.807, 2.05) is 6.92 Å². The van der Waals surface area contributed by atoms with Crippen molar-refractivity contribution in [2.75, 3.05) is 19.8 Å². The maximum Gasteiger partial charge on any atom is 0.267 e. The number of amides is 1. The molecule has 1 saturated heterocycles. The second kappa shape index (κ2) is 5.97.